The van der Waals surface area contributed by atoms with Crippen LogP contribution in [0.3, 0.4) is 0 Å². The number of hydrogen-bond acceptors (Lipinski definition) is 1. The number of hydrogen-bond donors (Lipinski definition) is 0. The van der Waals surface area contributed by atoms with Gasteiger partial charge in [-0.15, -0.1) is 0 Å². The summed E-state index contributed by atoms with van der Waals surface area (Å²) in [6, 6.07) is 15.0. The van der Waals surface area contributed by atoms with Gasteiger partial charge in [0.2, 0.25) is 0 Å². The highest BCUT2D eigenvalue weighted by molar-refractivity contribution is 6.51. The largest absolute Gasteiger partial charge is 0.414 e. The van der Waals surface area contributed by atoms with Gasteiger partial charge in [0.05, 0.1) is 0 Å². The van der Waals surface area contributed by atoms with E-state index in [-0.39, 0.29) is 5.60 Å². The summed E-state index contributed by atoms with van der Waals surface area (Å²) < 4.78 is 5.96. The summed E-state index contributed by atoms with van der Waals surface area (Å²) in [4.78, 5) is 0. The molecule has 0 N–H and O–H groups in total. The van der Waals surface area contributed by atoms with Crippen LogP contribution in [-0.4, -0.2) is 15.4 Å². The lowest BCUT2D eigenvalue weighted by molar-refractivity contribution is 0.142. The minimum absolute atomic E-state index is 0.0246. The Morgan fingerprint density at radius 1 is 0.938 bits per heavy atom. The quantitative estimate of drug-likeness (QED) is 0.720. The monoisotopic (exact) mass is 230 g/mol. The van der Waals surface area contributed by atoms with Gasteiger partial charge in [-0.3, -0.25) is 0 Å². The molecule has 0 saturated heterocycles. The molecule has 0 aliphatic heterocycles. The fraction of sp³-hybridized carbons (Fsp3) is 0.286. The van der Waals surface area contributed by atoms with E-state index in [0.717, 1.165) is 0 Å². The predicted molar refractivity (Wildman–Crippen MR) is 73.0 cm³/mol. The fourth-order valence-electron chi connectivity index (χ4n) is 1.71. The van der Waals surface area contributed by atoms with Crippen molar-refractivity contribution in [2.75, 3.05) is 0 Å². The van der Waals surface area contributed by atoms with Gasteiger partial charge in [0.25, 0.3) is 0 Å². The smallest absolute Gasteiger partial charge is 0.193 e. The van der Waals surface area contributed by atoms with Crippen LogP contribution in [0.25, 0.3) is 10.8 Å². The predicted octanol–water partition coefficient (Wildman–Crippen LogP) is 2.36. The van der Waals surface area contributed by atoms with E-state index in [1.807, 2.05) is 0 Å². The van der Waals surface area contributed by atoms with Gasteiger partial charge in [0.15, 0.2) is 9.76 Å². The summed E-state index contributed by atoms with van der Waals surface area (Å²) in [7, 11) is -0.637. The highest BCUT2D eigenvalue weighted by Crippen LogP contribution is 2.11. The molecular weight excluding hydrogens is 212 g/mol. The molecule has 0 aliphatic carbocycles. The van der Waals surface area contributed by atoms with E-state index in [1.165, 1.54) is 16.0 Å². The van der Waals surface area contributed by atoms with Gasteiger partial charge in [-0.1, -0.05) is 42.5 Å². The molecule has 0 saturated carbocycles. The molecule has 16 heavy (non-hydrogen) atoms. The van der Waals surface area contributed by atoms with Crippen molar-refractivity contribution in [2.24, 2.45) is 0 Å². The van der Waals surface area contributed by atoms with Gasteiger partial charge < -0.3 is 4.43 Å². The summed E-state index contributed by atoms with van der Waals surface area (Å²) in [5, 5.41) is 4.05. The Bertz CT molecular complexity index is 480. The Labute approximate surface area is 99.4 Å². The summed E-state index contributed by atoms with van der Waals surface area (Å²) in [6.45, 7) is 6.35. The van der Waals surface area contributed by atoms with E-state index in [1.54, 1.807) is 0 Å². The fourth-order valence-corrected chi connectivity index (χ4v) is 3.01. The number of fused-ring (bicyclic) bond motifs is 1. The van der Waals surface area contributed by atoms with Crippen LogP contribution in [0, 0.1) is 0 Å². The lowest BCUT2D eigenvalue weighted by Gasteiger charge is -2.20. The van der Waals surface area contributed by atoms with Crippen LogP contribution in [0.1, 0.15) is 20.8 Å². The normalized spacial score (nSPS) is 12.7. The average Bonchev–Trinajstić information content (AvgIpc) is 2.25. The molecule has 0 amide bonds. The molecule has 2 heteroatoms. The van der Waals surface area contributed by atoms with E-state index in [9.17, 15) is 0 Å². The summed E-state index contributed by atoms with van der Waals surface area (Å²) in [5.41, 5.74) is -0.0246. The maximum atomic E-state index is 5.96. The maximum absolute atomic E-state index is 5.96. The average molecular weight is 230 g/mol. The first-order chi connectivity index (χ1) is 7.56. The van der Waals surface area contributed by atoms with Gasteiger partial charge >= 0.3 is 0 Å². The van der Waals surface area contributed by atoms with E-state index < -0.39 is 9.76 Å². The van der Waals surface area contributed by atoms with E-state index in [0.29, 0.717) is 0 Å². The molecule has 0 heterocycles. The minimum Gasteiger partial charge on any atom is -0.414 e. The molecule has 0 fully saturated rings. The molecule has 0 radical (unpaired) electrons. The SMILES string of the molecule is CC(C)(C)O[SiH2]c1cccc2ccccc12. The molecule has 1 nitrogen and oxygen atoms in total. The Kier molecular flexibility index (Phi) is 3.12. The van der Waals surface area contributed by atoms with Crippen molar-refractivity contribution in [1.29, 1.82) is 0 Å². The second-order valence-corrected chi connectivity index (χ2v) is 6.38. The van der Waals surface area contributed by atoms with Crippen molar-refractivity contribution in [3.8, 4) is 0 Å². The second kappa shape index (κ2) is 4.40. The first kappa shape index (κ1) is 11.4. The molecule has 84 valence electrons. The van der Waals surface area contributed by atoms with Crippen molar-refractivity contribution in [1.82, 2.24) is 0 Å². The van der Waals surface area contributed by atoms with Gasteiger partial charge in [-0.05, 0) is 36.7 Å². The highest BCUT2D eigenvalue weighted by Gasteiger charge is 2.11. The van der Waals surface area contributed by atoms with Crippen molar-refractivity contribution >= 4 is 25.7 Å². The van der Waals surface area contributed by atoms with Crippen LogP contribution < -0.4 is 5.19 Å². The first-order valence-corrected chi connectivity index (χ1v) is 6.95. The second-order valence-electron chi connectivity index (χ2n) is 5.04. The van der Waals surface area contributed by atoms with Gasteiger partial charge in [0, 0.05) is 5.60 Å². The van der Waals surface area contributed by atoms with Crippen LogP contribution in [0.4, 0.5) is 0 Å². The number of benzene rings is 2. The van der Waals surface area contributed by atoms with E-state index in [2.05, 4.69) is 63.2 Å². The molecule has 0 atom stereocenters. The topological polar surface area (TPSA) is 9.23 Å². The lowest BCUT2D eigenvalue weighted by atomic mass is 10.1. The molecule has 2 aromatic rings. The maximum Gasteiger partial charge on any atom is 0.193 e. The van der Waals surface area contributed by atoms with Crippen molar-refractivity contribution in [3.63, 3.8) is 0 Å². The van der Waals surface area contributed by atoms with Crippen molar-refractivity contribution in [3.05, 3.63) is 42.5 Å². The van der Waals surface area contributed by atoms with Gasteiger partial charge in [0.1, 0.15) is 0 Å². The van der Waals surface area contributed by atoms with Gasteiger partial charge in [-0.25, -0.2) is 0 Å². The molecule has 0 spiro atoms. The zero-order valence-electron chi connectivity index (χ0n) is 10.2. The first-order valence-electron chi connectivity index (χ1n) is 5.67. The van der Waals surface area contributed by atoms with E-state index in [4.69, 9.17) is 4.43 Å². The summed E-state index contributed by atoms with van der Waals surface area (Å²) in [5.74, 6) is 0. The summed E-state index contributed by atoms with van der Waals surface area (Å²) in [6.07, 6.45) is 0. The van der Waals surface area contributed by atoms with Crippen LogP contribution in [0.15, 0.2) is 42.5 Å². The Hall–Kier alpha value is -1.12. The lowest BCUT2D eigenvalue weighted by Crippen LogP contribution is -2.28. The third-order valence-corrected chi connectivity index (χ3v) is 4.48. The molecule has 0 unspecified atom stereocenters. The van der Waals surface area contributed by atoms with Crippen LogP contribution in [-0.2, 0) is 4.43 Å². The zero-order chi connectivity index (χ0) is 11.6. The third kappa shape index (κ3) is 2.71. The van der Waals surface area contributed by atoms with Crippen LogP contribution in [0.5, 0.6) is 0 Å². The molecule has 0 aromatic heterocycles. The Balaban J connectivity index is 2.30. The number of rotatable bonds is 2. The molecule has 2 aromatic carbocycles. The summed E-state index contributed by atoms with van der Waals surface area (Å²) >= 11 is 0. The Morgan fingerprint density at radius 3 is 2.38 bits per heavy atom. The van der Waals surface area contributed by atoms with Crippen LogP contribution in [0.2, 0.25) is 0 Å². The zero-order valence-corrected chi connectivity index (χ0v) is 11.6. The highest BCUT2D eigenvalue weighted by atomic mass is 28.2. The van der Waals surface area contributed by atoms with Crippen molar-refractivity contribution in [2.45, 2.75) is 26.4 Å². The molecule has 2 rings (SSSR count). The molecular formula is C14H18OSi. The minimum atomic E-state index is -0.637. The Morgan fingerprint density at radius 2 is 1.62 bits per heavy atom. The van der Waals surface area contributed by atoms with Crippen molar-refractivity contribution < 1.29 is 4.43 Å². The molecule has 0 bridgehead atoms. The van der Waals surface area contributed by atoms with Gasteiger partial charge in [-0.2, -0.15) is 0 Å². The molecule has 0 aliphatic rings. The third-order valence-electron chi connectivity index (χ3n) is 2.54. The van der Waals surface area contributed by atoms with Crippen LogP contribution >= 0.6 is 0 Å². The van der Waals surface area contributed by atoms with E-state index >= 15 is 0 Å². The standard InChI is InChI=1S/C14H18OSi/c1-14(2,3)15-16-13-10-6-8-11-7-4-5-9-12(11)13/h4-10H,16H2,1-3H3.